The maximum absolute atomic E-state index is 12.4. The second kappa shape index (κ2) is 6.80. The Labute approximate surface area is 139 Å². The molecule has 1 aromatic carbocycles. The van der Waals surface area contributed by atoms with Crippen LogP contribution in [0.2, 0.25) is 0 Å². The fourth-order valence-electron chi connectivity index (χ4n) is 2.50. The van der Waals surface area contributed by atoms with Crippen LogP contribution in [0.1, 0.15) is 37.7 Å². The van der Waals surface area contributed by atoms with Crippen LogP contribution in [0.15, 0.2) is 18.2 Å². The van der Waals surface area contributed by atoms with Gasteiger partial charge in [-0.25, -0.2) is 0 Å². The van der Waals surface area contributed by atoms with E-state index < -0.39 is 5.91 Å². The zero-order chi connectivity index (χ0) is 15.7. The minimum atomic E-state index is -0.531. The van der Waals surface area contributed by atoms with Crippen LogP contribution in [0.25, 0.3) is 0 Å². The summed E-state index contributed by atoms with van der Waals surface area (Å²) < 4.78 is 0. The van der Waals surface area contributed by atoms with Crippen molar-refractivity contribution in [2.45, 2.75) is 19.9 Å². The zero-order valence-corrected chi connectivity index (χ0v) is 13.4. The number of H-pyrrole nitrogens is 1. The molecule has 2 aromatic rings. The molecule has 0 saturated heterocycles. The third kappa shape index (κ3) is 3.35. The van der Waals surface area contributed by atoms with Crippen molar-refractivity contribution < 1.29 is 9.59 Å². The smallest absolute Gasteiger partial charge is 0.276 e. The Morgan fingerprint density at radius 2 is 2.13 bits per heavy atom. The summed E-state index contributed by atoms with van der Waals surface area (Å²) in [4.78, 5) is 23.7. The fourth-order valence-corrected chi connectivity index (χ4v) is 2.50. The molecule has 5 N–H and O–H groups in total. The standard InChI is InChI=1S/C15H17N5O2.ClH/c1-8-2-3-9(14(16)21)6-12(8)18-15(22)13-10-7-17-5-4-11(10)19-20-13;/h2-3,6,17H,4-5,7H2,1H3,(H2,16,21)(H,18,22)(H,19,20);1H. The number of nitrogens with one attached hydrogen (secondary N) is 3. The van der Waals surface area contributed by atoms with Gasteiger partial charge in [0.1, 0.15) is 0 Å². The van der Waals surface area contributed by atoms with Crippen LogP contribution in [-0.2, 0) is 13.0 Å². The second-order valence-corrected chi connectivity index (χ2v) is 5.30. The van der Waals surface area contributed by atoms with Gasteiger partial charge in [0.05, 0.1) is 0 Å². The quantitative estimate of drug-likeness (QED) is 0.673. The molecular formula is C15H18ClN5O2. The molecule has 2 heterocycles. The van der Waals surface area contributed by atoms with E-state index in [0.29, 0.717) is 23.5 Å². The van der Waals surface area contributed by atoms with Crippen LogP contribution in [-0.4, -0.2) is 28.6 Å². The van der Waals surface area contributed by atoms with Gasteiger partial charge in [-0.15, -0.1) is 12.4 Å². The molecule has 7 nitrogen and oxygen atoms in total. The van der Waals surface area contributed by atoms with Crippen molar-refractivity contribution in [2.24, 2.45) is 5.73 Å². The lowest BCUT2D eigenvalue weighted by molar-refractivity contribution is 0.0995. The summed E-state index contributed by atoms with van der Waals surface area (Å²) in [5, 5.41) is 13.0. The maximum atomic E-state index is 12.4. The second-order valence-electron chi connectivity index (χ2n) is 5.30. The van der Waals surface area contributed by atoms with Crippen LogP contribution in [0.4, 0.5) is 5.69 Å². The number of rotatable bonds is 3. The number of nitrogens with zero attached hydrogens (tertiary/aromatic N) is 1. The van der Waals surface area contributed by atoms with E-state index in [1.807, 2.05) is 6.92 Å². The summed E-state index contributed by atoms with van der Waals surface area (Å²) in [7, 11) is 0. The molecule has 1 aliphatic rings. The Morgan fingerprint density at radius 3 is 2.87 bits per heavy atom. The molecule has 3 rings (SSSR count). The van der Waals surface area contributed by atoms with Gasteiger partial charge in [-0.2, -0.15) is 5.10 Å². The van der Waals surface area contributed by atoms with Crippen molar-refractivity contribution in [3.63, 3.8) is 0 Å². The molecule has 0 fully saturated rings. The van der Waals surface area contributed by atoms with E-state index >= 15 is 0 Å². The summed E-state index contributed by atoms with van der Waals surface area (Å²) >= 11 is 0. The lowest BCUT2D eigenvalue weighted by atomic mass is 10.1. The normalized spacial score (nSPS) is 12.9. The Hall–Kier alpha value is -2.38. The van der Waals surface area contributed by atoms with Crippen LogP contribution in [0.3, 0.4) is 0 Å². The average molecular weight is 336 g/mol. The molecule has 122 valence electrons. The predicted molar refractivity (Wildman–Crippen MR) is 88.9 cm³/mol. The van der Waals surface area contributed by atoms with Crippen LogP contribution >= 0.6 is 12.4 Å². The first-order chi connectivity index (χ1) is 10.6. The number of hydrogen-bond acceptors (Lipinski definition) is 4. The van der Waals surface area contributed by atoms with Crippen molar-refractivity contribution in [2.75, 3.05) is 11.9 Å². The summed E-state index contributed by atoms with van der Waals surface area (Å²) in [5.74, 6) is -0.831. The minimum Gasteiger partial charge on any atom is -0.366 e. The molecule has 23 heavy (non-hydrogen) atoms. The monoisotopic (exact) mass is 335 g/mol. The van der Waals surface area contributed by atoms with Crippen LogP contribution in [0, 0.1) is 6.92 Å². The molecule has 0 saturated carbocycles. The highest BCUT2D eigenvalue weighted by atomic mass is 35.5. The van der Waals surface area contributed by atoms with Crippen molar-refractivity contribution in [1.29, 1.82) is 0 Å². The average Bonchev–Trinajstić information content (AvgIpc) is 2.93. The molecular weight excluding hydrogens is 318 g/mol. The number of aromatic nitrogens is 2. The summed E-state index contributed by atoms with van der Waals surface area (Å²) in [6, 6.07) is 4.96. The number of amides is 2. The molecule has 0 atom stereocenters. The van der Waals surface area contributed by atoms with Gasteiger partial charge in [0.25, 0.3) is 5.91 Å². The van der Waals surface area contributed by atoms with E-state index in [9.17, 15) is 9.59 Å². The molecule has 0 unspecified atom stereocenters. The van der Waals surface area contributed by atoms with E-state index in [0.717, 1.165) is 29.8 Å². The third-order valence-electron chi connectivity index (χ3n) is 3.79. The van der Waals surface area contributed by atoms with Crippen molar-refractivity contribution in [1.82, 2.24) is 15.5 Å². The molecule has 2 amide bonds. The number of halogens is 1. The van der Waals surface area contributed by atoms with Crippen molar-refractivity contribution >= 4 is 29.9 Å². The third-order valence-corrected chi connectivity index (χ3v) is 3.79. The molecule has 0 radical (unpaired) electrons. The number of carbonyl (C=O) groups is 2. The highest BCUT2D eigenvalue weighted by molar-refractivity contribution is 6.05. The Morgan fingerprint density at radius 1 is 1.35 bits per heavy atom. The van der Waals surface area contributed by atoms with E-state index in [2.05, 4.69) is 20.8 Å². The SMILES string of the molecule is Cc1ccc(C(N)=O)cc1NC(=O)c1n[nH]c2c1CNCC2.Cl. The van der Waals surface area contributed by atoms with E-state index in [1.165, 1.54) is 0 Å². The number of aromatic amines is 1. The van der Waals surface area contributed by atoms with Crippen molar-refractivity contribution in [3.05, 3.63) is 46.3 Å². The van der Waals surface area contributed by atoms with Gasteiger partial charge in [0.2, 0.25) is 5.91 Å². The Bertz CT molecular complexity index is 756. The van der Waals surface area contributed by atoms with E-state index in [-0.39, 0.29) is 18.3 Å². The zero-order valence-electron chi connectivity index (χ0n) is 12.6. The topological polar surface area (TPSA) is 113 Å². The number of aryl methyl sites for hydroxylation is 1. The molecule has 8 heteroatoms. The fraction of sp³-hybridized carbons (Fsp3) is 0.267. The molecule has 0 aliphatic carbocycles. The van der Waals surface area contributed by atoms with Gasteiger partial charge in [-0.1, -0.05) is 6.07 Å². The summed E-state index contributed by atoms with van der Waals surface area (Å²) in [6.45, 7) is 3.34. The first-order valence-corrected chi connectivity index (χ1v) is 7.05. The van der Waals surface area contributed by atoms with Gasteiger partial charge in [0.15, 0.2) is 5.69 Å². The minimum absolute atomic E-state index is 0. The summed E-state index contributed by atoms with van der Waals surface area (Å²) in [5.41, 5.74) is 9.30. The van der Waals surface area contributed by atoms with Gasteiger partial charge < -0.3 is 16.4 Å². The van der Waals surface area contributed by atoms with Gasteiger partial charge in [0, 0.05) is 42.0 Å². The Kier molecular flexibility index (Phi) is 5.02. The Balaban J connectivity index is 0.00000192. The van der Waals surface area contributed by atoms with E-state index in [1.54, 1.807) is 18.2 Å². The first-order valence-electron chi connectivity index (χ1n) is 7.05. The lowest BCUT2D eigenvalue weighted by Crippen LogP contribution is -2.25. The summed E-state index contributed by atoms with van der Waals surface area (Å²) in [6.07, 6.45) is 0.825. The van der Waals surface area contributed by atoms with E-state index in [4.69, 9.17) is 5.73 Å². The van der Waals surface area contributed by atoms with Crippen LogP contribution < -0.4 is 16.4 Å². The van der Waals surface area contributed by atoms with Gasteiger partial charge >= 0.3 is 0 Å². The number of primary amides is 1. The molecule has 0 spiro atoms. The number of hydrogen-bond donors (Lipinski definition) is 4. The number of benzene rings is 1. The predicted octanol–water partition coefficient (Wildman–Crippen LogP) is 1.14. The van der Waals surface area contributed by atoms with Crippen LogP contribution in [0.5, 0.6) is 0 Å². The van der Waals surface area contributed by atoms with Crippen molar-refractivity contribution in [3.8, 4) is 0 Å². The maximum Gasteiger partial charge on any atom is 0.276 e. The number of fused-ring (bicyclic) bond motifs is 1. The first kappa shape index (κ1) is 17.0. The molecule has 0 bridgehead atoms. The number of nitrogens with two attached hydrogens (primary N) is 1. The highest BCUT2D eigenvalue weighted by Gasteiger charge is 2.22. The molecule has 1 aliphatic heterocycles. The molecule has 1 aromatic heterocycles. The van der Waals surface area contributed by atoms with Gasteiger partial charge in [-0.3, -0.25) is 14.7 Å². The largest absolute Gasteiger partial charge is 0.366 e. The number of anilines is 1. The number of carbonyl (C=O) groups excluding carboxylic acids is 2. The lowest BCUT2D eigenvalue weighted by Gasteiger charge is -2.13. The van der Waals surface area contributed by atoms with Gasteiger partial charge in [-0.05, 0) is 24.6 Å². The highest BCUT2D eigenvalue weighted by Crippen LogP contribution is 2.20.